The summed E-state index contributed by atoms with van der Waals surface area (Å²) in [7, 11) is 1.56. The first-order valence-corrected chi connectivity index (χ1v) is 7.28. The van der Waals surface area contributed by atoms with Crippen LogP contribution in [0, 0.1) is 6.92 Å². The van der Waals surface area contributed by atoms with Gasteiger partial charge in [0.2, 0.25) is 5.91 Å². The lowest BCUT2D eigenvalue weighted by molar-refractivity contribution is -0.121. The minimum atomic E-state index is -1.03. The Morgan fingerprint density at radius 3 is 2.79 bits per heavy atom. The monoisotopic (exact) mass is 333 g/mol. The van der Waals surface area contributed by atoms with Gasteiger partial charge in [0.15, 0.2) is 0 Å². The Kier molecular flexibility index (Phi) is 6.05. The number of carboxylic acid groups (broad SMARTS) is 1. The second kappa shape index (κ2) is 8.23. The van der Waals surface area contributed by atoms with Gasteiger partial charge in [0, 0.05) is 12.8 Å². The second-order valence-corrected chi connectivity index (χ2v) is 5.00. The molecule has 2 rings (SSSR count). The van der Waals surface area contributed by atoms with E-state index in [0.717, 1.165) is 0 Å². The Morgan fingerprint density at radius 2 is 2.12 bits per heavy atom. The first kappa shape index (κ1) is 17.6. The maximum absolute atomic E-state index is 11.8. The largest absolute Gasteiger partial charge is 0.478 e. The summed E-state index contributed by atoms with van der Waals surface area (Å²) < 4.78 is 11.5. The summed E-state index contributed by atoms with van der Waals surface area (Å²) in [4.78, 5) is 22.9. The maximum atomic E-state index is 11.8. The van der Waals surface area contributed by atoms with Crippen LogP contribution < -0.4 is 5.32 Å². The van der Waals surface area contributed by atoms with E-state index in [0.29, 0.717) is 30.3 Å². The highest BCUT2D eigenvalue weighted by molar-refractivity contribution is 5.92. The zero-order chi connectivity index (χ0) is 17.5. The molecular formula is C16H19N3O5. The fourth-order valence-electron chi connectivity index (χ4n) is 2.10. The number of anilines is 1. The highest BCUT2D eigenvalue weighted by atomic mass is 16.5. The number of ether oxygens (including phenoxy) is 2. The molecule has 24 heavy (non-hydrogen) atoms. The normalized spacial score (nSPS) is 10.6. The summed E-state index contributed by atoms with van der Waals surface area (Å²) in [5, 5.41) is 15.9. The molecule has 0 spiro atoms. The van der Waals surface area contributed by atoms with Crippen molar-refractivity contribution in [3.8, 4) is 5.69 Å². The van der Waals surface area contributed by atoms with Crippen LogP contribution in [0.5, 0.6) is 0 Å². The molecule has 8 nitrogen and oxygen atoms in total. The average Bonchev–Trinajstić information content (AvgIpc) is 2.93. The van der Waals surface area contributed by atoms with E-state index >= 15 is 0 Å². The van der Waals surface area contributed by atoms with E-state index in [1.165, 1.54) is 10.9 Å². The fourth-order valence-corrected chi connectivity index (χ4v) is 2.10. The zero-order valence-electron chi connectivity index (χ0n) is 13.5. The summed E-state index contributed by atoms with van der Waals surface area (Å²) in [6.45, 7) is 2.37. The number of hydrogen-bond donors (Lipinski definition) is 2. The molecule has 2 N–H and O–H groups in total. The van der Waals surface area contributed by atoms with Gasteiger partial charge in [-0.15, -0.1) is 0 Å². The van der Waals surface area contributed by atoms with Gasteiger partial charge in [-0.2, -0.15) is 5.10 Å². The lowest BCUT2D eigenvalue weighted by Crippen LogP contribution is -2.19. The third kappa shape index (κ3) is 4.40. The van der Waals surface area contributed by atoms with E-state index in [4.69, 9.17) is 14.6 Å². The summed E-state index contributed by atoms with van der Waals surface area (Å²) >= 11 is 0. The van der Waals surface area contributed by atoms with Crippen LogP contribution in [0.2, 0.25) is 0 Å². The predicted molar refractivity (Wildman–Crippen MR) is 86.6 cm³/mol. The predicted octanol–water partition coefficient (Wildman–Crippen LogP) is 1.48. The molecule has 1 aromatic carbocycles. The number of benzene rings is 1. The van der Waals surface area contributed by atoms with Crippen molar-refractivity contribution in [1.29, 1.82) is 0 Å². The SMILES string of the molecule is COCCOCC(=O)Nc1cccc(-n2ncc(C(=O)O)c2C)c1. The van der Waals surface area contributed by atoms with Crippen LogP contribution in [0.25, 0.3) is 5.69 Å². The van der Waals surface area contributed by atoms with Crippen LogP contribution in [0.15, 0.2) is 30.5 Å². The number of nitrogens with zero attached hydrogens (tertiary/aromatic N) is 2. The van der Waals surface area contributed by atoms with Gasteiger partial charge in [-0.25, -0.2) is 9.48 Å². The second-order valence-electron chi connectivity index (χ2n) is 5.00. The third-order valence-corrected chi connectivity index (χ3v) is 3.28. The maximum Gasteiger partial charge on any atom is 0.339 e. The summed E-state index contributed by atoms with van der Waals surface area (Å²) in [6.07, 6.45) is 1.30. The summed E-state index contributed by atoms with van der Waals surface area (Å²) in [5.41, 5.74) is 1.86. The standard InChI is InChI=1S/C16H19N3O5/c1-11-14(16(21)22)9-17-19(11)13-5-3-4-12(8-13)18-15(20)10-24-7-6-23-2/h3-5,8-9H,6-7,10H2,1-2H3,(H,18,20)(H,21,22). The molecule has 0 aliphatic carbocycles. The van der Waals surface area contributed by atoms with Crippen molar-refractivity contribution in [1.82, 2.24) is 9.78 Å². The molecule has 0 atom stereocenters. The number of aromatic nitrogens is 2. The van der Waals surface area contributed by atoms with Crippen molar-refractivity contribution < 1.29 is 24.2 Å². The van der Waals surface area contributed by atoms with Crippen LogP contribution in [-0.4, -0.2) is 53.7 Å². The quantitative estimate of drug-likeness (QED) is 0.709. The van der Waals surface area contributed by atoms with E-state index in [2.05, 4.69) is 10.4 Å². The molecule has 0 bridgehead atoms. The Labute approximate surface area is 139 Å². The van der Waals surface area contributed by atoms with Crippen molar-refractivity contribution >= 4 is 17.6 Å². The van der Waals surface area contributed by atoms with Gasteiger partial charge < -0.3 is 19.9 Å². The van der Waals surface area contributed by atoms with Crippen LogP contribution in [0.4, 0.5) is 5.69 Å². The Bertz CT molecular complexity index is 726. The topological polar surface area (TPSA) is 103 Å². The van der Waals surface area contributed by atoms with Gasteiger partial charge in [-0.1, -0.05) is 6.07 Å². The number of amides is 1. The van der Waals surface area contributed by atoms with Crippen molar-refractivity contribution in [3.63, 3.8) is 0 Å². The Hall–Kier alpha value is -2.71. The van der Waals surface area contributed by atoms with Crippen molar-refractivity contribution in [2.45, 2.75) is 6.92 Å². The number of rotatable bonds is 8. The number of aromatic carboxylic acids is 1. The van der Waals surface area contributed by atoms with Crippen molar-refractivity contribution in [2.24, 2.45) is 0 Å². The molecule has 8 heteroatoms. The van der Waals surface area contributed by atoms with E-state index in [-0.39, 0.29) is 18.1 Å². The number of methoxy groups -OCH3 is 1. The van der Waals surface area contributed by atoms with Gasteiger partial charge in [0.1, 0.15) is 12.2 Å². The van der Waals surface area contributed by atoms with Gasteiger partial charge in [-0.3, -0.25) is 4.79 Å². The Balaban J connectivity index is 2.06. The first-order chi connectivity index (χ1) is 11.5. The molecule has 0 unspecified atom stereocenters. The molecule has 0 saturated heterocycles. The fraction of sp³-hybridized carbons (Fsp3) is 0.312. The highest BCUT2D eigenvalue weighted by Crippen LogP contribution is 2.18. The highest BCUT2D eigenvalue weighted by Gasteiger charge is 2.14. The van der Waals surface area contributed by atoms with E-state index in [9.17, 15) is 9.59 Å². The lowest BCUT2D eigenvalue weighted by atomic mass is 10.2. The van der Waals surface area contributed by atoms with Crippen LogP contribution in [-0.2, 0) is 14.3 Å². The molecular weight excluding hydrogens is 314 g/mol. The molecule has 1 amide bonds. The van der Waals surface area contributed by atoms with Crippen LogP contribution in [0.1, 0.15) is 16.1 Å². The van der Waals surface area contributed by atoms with Gasteiger partial charge >= 0.3 is 5.97 Å². The lowest BCUT2D eigenvalue weighted by Gasteiger charge is -2.09. The number of nitrogens with one attached hydrogen (secondary N) is 1. The van der Waals surface area contributed by atoms with E-state index in [1.54, 1.807) is 38.3 Å². The van der Waals surface area contributed by atoms with Crippen molar-refractivity contribution in [3.05, 3.63) is 41.7 Å². The molecule has 128 valence electrons. The van der Waals surface area contributed by atoms with Crippen LogP contribution >= 0.6 is 0 Å². The van der Waals surface area contributed by atoms with Gasteiger partial charge in [0.05, 0.1) is 30.8 Å². The molecule has 0 aliphatic heterocycles. The first-order valence-electron chi connectivity index (χ1n) is 7.28. The minimum Gasteiger partial charge on any atom is -0.478 e. The molecule has 1 aromatic heterocycles. The number of carbonyl (C=O) groups is 2. The zero-order valence-corrected chi connectivity index (χ0v) is 13.5. The summed E-state index contributed by atoms with van der Waals surface area (Å²) in [5.74, 6) is -1.32. The van der Waals surface area contributed by atoms with Crippen LogP contribution in [0.3, 0.4) is 0 Å². The number of carboxylic acids is 1. The molecule has 0 fully saturated rings. The van der Waals surface area contributed by atoms with Crippen molar-refractivity contribution in [2.75, 3.05) is 32.2 Å². The smallest absolute Gasteiger partial charge is 0.339 e. The molecule has 1 heterocycles. The minimum absolute atomic E-state index is 0.0719. The van der Waals surface area contributed by atoms with E-state index < -0.39 is 5.97 Å². The Morgan fingerprint density at radius 1 is 1.33 bits per heavy atom. The third-order valence-electron chi connectivity index (χ3n) is 3.28. The molecule has 0 aliphatic rings. The van der Waals surface area contributed by atoms with Gasteiger partial charge in [-0.05, 0) is 25.1 Å². The average molecular weight is 333 g/mol. The number of carbonyl (C=O) groups excluding carboxylic acids is 1. The van der Waals surface area contributed by atoms with Gasteiger partial charge in [0.25, 0.3) is 0 Å². The molecule has 0 radical (unpaired) electrons. The molecule has 0 saturated carbocycles. The molecule has 2 aromatic rings. The summed E-state index contributed by atoms with van der Waals surface area (Å²) in [6, 6.07) is 6.96. The van der Waals surface area contributed by atoms with E-state index in [1.807, 2.05) is 0 Å². The number of hydrogen-bond acceptors (Lipinski definition) is 5.